The fourth-order valence-corrected chi connectivity index (χ4v) is 4.93. The van der Waals surface area contributed by atoms with E-state index in [9.17, 15) is 14.7 Å². The molecule has 0 fully saturated rings. The van der Waals surface area contributed by atoms with E-state index in [2.05, 4.69) is 18.5 Å². The maximum atomic E-state index is 13.5. The number of nitrogens with one attached hydrogen (secondary N) is 1. The summed E-state index contributed by atoms with van der Waals surface area (Å²) in [5.41, 5.74) is 0.943. The predicted octanol–water partition coefficient (Wildman–Crippen LogP) is 4.10. The molecule has 2 aromatic rings. The largest absolute Gasteiger partial charge is 0.493 e. The lowest BCUT2D eigenvalue weighted by Gasteiger charge is -2.43. The van der Waals surface area contributed by atoms with E-state index in [0.717, 1.165) is 5.56 Å². The molecule has 2 aromatic carbocycles. The first kappa shape index (κ1) is 29.5. The first-order valence-electron chi connectivity index (χ1n) is 12.8. The molecule has 0 bridgehead atoms. The molecular formula is C31H37NO7. The zero-order valence-electron chi connectivity index (χ0n) is 22.8. The third-order valence-electron chi connectivity index (χ3n) is 6.68. The number of methoxy groups -OCH3 is 2. The van der Waals surface area contributed by atoms with Gasteiger partial charge in [-0.2, -0.15) is 0 Å². The van der Waals surface area contributed by atoms with Crippen LogP contribution in [-0.4, -0.2) is 56.6 Å². The normalized spacial score (nSPS) is 20.5. The fourth-order valence-electron chi connectivity index (χ4n) is 4.93. The topological polar surface area (TPSA) is 103 Å². The molecule has 0 spiro atoms. The number of rotatable bonds is 13. The van der Waals surface area contributed by atoms with Gasteiger partial charge in [-0.15, -0.1) is 0 Å². The highest BCUT2D eigenvalue weighted by Gasteiger charge is 2.52. The van der Waals surface area contributed by atoms with Crippen molar-refractivity contribution in [3.63, 3.8) is 0 Å². The molecule has 0 aromatic heterocycles. The Morgan fingerprint density at radius 3 is 2.33 bits per heavy atom. The van der Waals surface area contributed by atoms with Crippen molar-refractivity contribution < 1.29 is 33.6 Å². The molecule has 0 heterocycles. The van der Waals surface area contributed by atoms with E-state index in [1.165, 1.54) is 12.2 Å². The fraction of sp³-hybridized carbons (Fsp3) is 0.355. The molecule has 3 atom stereocenters. The highest BCUT2D eigenvalue weighted by molar-refractivity contribution is 5.94. The van der Waals surface area contributed by atoms with Crippen LogP contribution in [0, 0.1) is 5.92 Å². The van der Waals surface area contributed by atoms with Crippen LogP contribution in [0.4, 0.5) is 0 Å². The standard InChI is InChI=1S/C31H37NO7/c1-6-17-38-29(33)27-23(32-16-15-21-13-14-24(36-4)25(19-21)37-5)20-31(3,35)28(30(34)39-18-7-2)26(27)22-11-9-8-10-12-22/h6-14,19,26,28,32,35H,1-2,15-18,20H2,3-5H3/t26-,28-,31+/m1/s1. The van der Waals surface area contributed by atoms with Crippen molar-refractivity contribution in [1.82, 2.24) is 5.32 Å². The van der Waals surface area contributed by atoms with Gasteiger partial charge in [0.2, 0.25) is 0 Å². The number of esters is 2. The Morgan fingerprint density at radius 2 is 1.69 bits per heavy atom. The van der Waals surface area contributed by atoms with Gasteiger partial charge in [-0.25, -0.2) is 4.79 Å². The molecule has 3 rings (SSSR count). The summed E-state index contributed by atoms with van der Waals surface area (Å²) in [6, 6.07) is 14.8. The molecule has 0 unspecified atom stereocenters. The molecule has 8 nitrogen and oxygen atoms in total. The first-order valence-corrected chi connectivity index (χ1v) is 12.8. The number of ether oxygens (including phenoxy) is 4. The highest BCUT2D eigenvalue weighted by Crippen LogP contribution is 2.47. The summed E-state index contributed by atoms with van der Waals surface area (Å²) in [6.45, 7) is 9.27. The van der Waals surface area contributed by atoms with Crippen LogP contribution in [0.1, 0.15) is 30.4 Å². The van der Waals surface area contributed by atoms with Crippen LogP contribution in [0.3, 0.4) is 0 Å². The maximum absolute atomic E-state index is 13.5. The summed E-state index contributed by atoms with van der Waals surface area (Å²) < 4.78 is 21.6. The molecule has 0 saturated carbocycles. The lowest BCUT2D eigenvalue weighted by molar-refractivity contribution is -0.159. The van der Waals surface area contributed by atoms with Gasteiger partial charge in [0.1, 0.15) is 13.2 Å². The van der Waals surface area contributed by atoms with Gasteiger partial charge in [0, 0.05) is 24.6 Å². The summed E-state index contributed by atoms with van der Waals surface area (Å²) in [7, 11) is 3.16. The Kier molecular flexibility index (Phi) is 10.3. The lowest BCUT2D eigenvalue weighted by atomic mass is 9.66. The zero-order valence-corrected chi connectivity index (χ0v) is 22.8. The van der Waals surface area contributed by atoms with E-state index in [-0.39, 0.29) is 25.2 Å². The van der Waals surface area contributed by atoms with Crippen molar-refractivity contribution in [3.8, 4) is 11.5 Å². The third-order valence-corrected chi connectivity index (χ3v) is 6.68. The van der Waals surface area contributed by atoms with E-state index in [1.54, 1.807) is 21.1 Å². The van der Waals surface area contributed by atoms with Crippen LogP contribution in [0.25, 0.3) is 0 Å². The second-order valence-electron chi connectivity index (χ2n) is 9.46. The number of carbonyl (C=O) groups excluding carboxylic acids is 2. The van der Waals surface area contributed by atoms with E-state index in [0.29, 0.717) is 35.7 Å². The Labute approximate surface area is 229 Å². The molecule has 0 radical (unpaired) electrons. The third kappa shape index (κ3) is 7.09. The Balaban J connectivity index is 2.03. The lowest BCUT2D eigenvalue weighted by Crippen LogP contribution is -2.50. The van der Waals surface area contributed by atoms with Crippen LogP contribution >= 0.6 is 0 Å². The monoisotopic (exact) mass is 535 g/mol. The van der Waals surface area contributed by atoms with Crippen molar-refractivity contribution in [2.45, 2.75) is 31.3 Å². The minimum atomic E-state index is -1.52. The smallest absolute Gasteiger partial charge is 0.336 e. The SMILES string of the molecule is C=CCOC(=O)C1=C(NCCc2ccc(OC)c(OC)c2)C[C@](C)(O)[C@@H](C(=O)OCC=C)[C@@H]1c1ccccc1. The average Bonchev–Trinajstić information content (AvgIpc) is 2.94. The van der Waals surface area contributed by atoms with Crippen LogP contribution in [-0.2, 0) is 25.5 Å². The van der Waals surface area contributed by atoms with Crippen molar-refractivity contribution >= 4 is 11.9 Å². The quantitative estimate of drug-likeness (QED) is 0.292. The molecule has 8 heteroatoms. The Bertz CT molecular complexity index is 1200. The zero-order chi connectivity index (χ0) is 28.4. The van der Waals surface area contributed by atoms with Crippen molar-refractivity contribution in [1.29, 1.82) is 0 Å². The average molecular weight is 536 g/mol. The van der Waals surface area contributed by atoms with Gasteiger partial charge in [0.05, 0.1) is 31.3 Å². The summed E-state index contributed by atoms with van der Waals surface area (Å²) in [5, 5.41) is 15.0. The number of hydrogen-bond acceptors (Lipinski definition) is 8. The maximum Gasteiger partial charge on any atom is 0.336 e. The van der Waals surface area contributed by atoms with Gasteiger partial charge in [0.25, 0.3) is 0 Å². The minimum Gasteiger partial charge on any atom is -0.493 e. The van der Waals surface area contributed by atoms with Gasteiger partial charge in [-0.3, -0.25) is 4.79 Å². The summed E-state index contributed by atoms with van der Waals surface area (Å²) >= 11 is 0. The molecular weight excluding hydrogens is 498 g/mol. The second kappa shape index (κ2) is 13.7. The number of carbonyl (C=O) groups is 2. The van der Waals surface area contributed by atoms with Gasteiger partial charge in [-0.1, -0.05) is 61.7 Å². The van der Waals surface area contributed by atoms with Gasteiger partial charge in [-0.05, 0) is 36.6 Å². The molecule has 0 amide bonds. The highest BCUT2D eigenvalue weighted by atomic mass is 16.5. The molecule has 0 saturated heterocycles. The van der Waals surface area contributed by atoms with Crippen LogP contribution in [0.2, 0.25) is 0 Å². The van der Waals surface area contributed by atoms with E-state index in [4.69, 9.17) is 18.9 Å². The van der Waals surface area contributed by atoms with Crippen molar-refractivity contribution in [3.05, 3.63) is 96.2 Å². The van der Waals surface area contributed by atoms with Crippen LogP contribution in [0.5, 0.6) is 11.5 Å². The van der Waals surface area contributed by atoms with Crippen molar-refractivity contribution in [2.75, 3.05) is 34.0 Å². The summed E-state index contributed by atoms with van der Waals surface area (Å²) in [6.07, 6.45) is 3.56. The van der Waals surface area contributed by atoms with Gasteiger partial charge >= 0.3 is 11.9 Å². The first-order chi connectivity index (χ1) is 18.8. The summed E-state index contributed by atoms with van der Waals surface area (Å²) in [4.78, 5) is 26.8. The van der Waals surface area contributed by atoms with E-state index >= 15 is 0 Å². The Hall–Kier alpha value is -4.04. The van der Waals surface area contributed by atoms with Crippen molar-refractivity contribution in [2.24, 2.45) is 5.92 Å². The molecule has 2 N–H and O–H groups in total. The number of benzene rings is 2. The van der Waals surface area contributed by atoms with Gasteiger partial charge in [0.15, 0.2) is 11.5 Å². The number of aliphatic hydroxyl groups is 1. The minimum absolute atomic E-state index is 0.00470. The predicted molar refractivity (Wildman–Crippen MR) is 149 cm³/mol. The van der Waals surface area contributed by atoms with E-state index in [1.807, 2.05) is 48.5 Å². The molecule has 1 aliphatic carbocycles. The molecule has 39 heavy (non-hydrogen) atoms. The molecule has 208 valence electrons. The molecule has 1 aliphatic rings. The van der Waals surface area contributed by atoms with Gasteiger partial charge < -0.3 is 29.4 Å². The second-order valence-corrected chi connectivity index (χ2v) is 9.46. The number of hydrogen-bond donors (Lipinski definition) is 2. The Morgan fingerprint density at radius 1 is 1.03 bits per heavy atom. The summed E-state index contributed by atoms with van der Waals surface area (Å²) in [5.74, 6) is -1.82. The molecule has 0 aliphatic heterocycles. The van der Waals surface area contributed by atoms with Crippen LogP contribution < -0.4 is 14.8 Å². The van der Waals surface area contributed by atoms with Crippen LogP contribution in [0.15, 0.2) is 85.1 Å². The van der Waals surface area contributed by atoms with E-state index < -0.39 is 29.4 Å².